The molecule has 0 saturated carbocycles. The Labute approximate surface area is 226 Å². The molecule has 3 fully saturated rings. The number of alkyl halides is 3. The molecule has 1 amide bonds. The fourth-order valence-electron chi connectivity index (χ4n) is 5.36. The van der Waals surface area contributed by atoms with Gasteiger partial charge in [-0.3, -0.25) is 9.69 Å². The minimum atomic E-state index is -4.36. The van der Waals surface area contributed by atoms with Gasteiger partial charge in [-0.15, -0.1) is 49.0 Å². The van der Waals surface area contributed by atoms with E-state index in [-0.39, 0.29) is 55.2 Å². The average molecular weight is 577 g/mol. The van der Waals surface area contributed by atoms with Crippen LogP contribution in [0, 0.1) is 6.92 Å². The van der Waals surface area contributed by atoms with E-state index in [1.807, 2.05) is 11.8 Å². The number of rotatable bonds is 3. The lowest BCUT2D eigenvalue weighted by atomic mass is 10.0. The Morgan fingerprint density at radius 1 is 1.11 bits per heavy atom. The van der Waals surface area contributed by atoms with Crippen LogP contribution in [0.2, 0.25) is 0 Å². The number of carbonyl (C=O) groups excluding carboxylic acids is 1. The number of halogens is 6. The van der Waals surface area contributed by atoms with Crippen molar-refractivity contribution >= 4 is 65.9 Å². The lowest BCUT2D eigenvalue weighted by Gasteiger charge is -2.36. The van der Waals surface area contributed by atoms with Crippen molar-refractivity contribution < 1.29 is 18.0 Å². The highest BCUT2D eigenvalue weighted by Crippen LogP contribution is 2.34. The van der Waals surface area contributed by atoms with Gasteiger partial charge >= 0.3 is 6.18 Å². The molecule has 0 radical (unpaired) electrons. The number of thioether (sulfide) groups is 1. The summed E-state index contributed by atoms with van der Waals surface area (Å²) in [7, 11) is 0. The SMILES string of the molecule is Cc1nc2cc(C(F)(F)F)ccc2n1C1CCN([C@@H]2CN[C@H](C(=O)N3CCSC3)C2)CC1.Cl.Cl.Cl. The lowest BCUT2D eigenvalue weighted by molar-refractivity contribution is -0.137. The molecule has 5 rings (SSSR count). The Hall–Kier alpha value is -0.910. The van der Waals surface area contributed by atoms with Gasteiger partial charge in [0.05, 0.1) is 28.5 Å². The van der Waals surface area contributed by atoms with Crippen LogP contribution in [0.1, 0.15) is 36.7 Å². The summed E-state index contributed by atoms with van der Waals surface area (Å²) in [5.74, 6) is 2.81. The summed E-state index contributed by atoms with van der Waals surface area (Å²) in [5, 5.41) is 3.42. The number of likely N-dealkylation sites (tertiary alicyclic amines) is 1. The summed E-state index contributed by atoms with van der Waals surface area (Å²) < 4.78 is 41.3. The third kappa shape index (κ3) is 6.15. The first kappa shape index (κ1) is 30.3. The standard InChI is InChI=1S/C22H28F3N5OS.3ClH/c1-14-27-18-10-15(22(23,24)25)2-3-20(18)30(14)16-4-6-28(7-5-16)17-11-19(26-12-17)21(31)29-8-9-32-13-29;;;/h2-3,10,16-17,19,26H,4-9,11-13H2,1H3;3*1H/t17-,19-;;;/m0.../s1. The number of aryl methyl sites for hydroxylation is 1. The number of fused-ring (bicyclic) bond motifs is 1. The number of hydrogen-bond acceptors (Lipinski definition) is 5. The number of carbonyl (C=O) groups is 1. The van der Waals surface area contributed by atoms with Crippen molar-refractivity contribution in [1.82, 2.24) is 24.7 Å². The predicted molar refractivity (Wildman–Crippen MR) is 140 cm³/mol. The first-order valence-corrected chi connectivity index (χ1v) is 12.4. The van der Waals surface area contributed by atoms with Gasteiger partial charge in [-0.25, -0.2) is 4.98 Å². The normalized spacial score (nSPS) is 23.6. The second kappa shape index (κ2) is 12.1. The third-order valence-electron chi connectivity index (χ3n) is 7.04. The van der Waals surface area contributed by atoms with Gasteiger partial charge in [0.15, 0.2) is 0 Å². The number of imidazole rings is 1. The van der Waals surface area contributed by atoms with Crippen molar-refractivity contribution in [3.8, 4) is 0 Å². The topological polar surface area (TPSA) is 53.4 Å². The molecule has 0 unspecified atom stereocenters. The monoisotopic (exact) mass is 575 g/mol. The Bertz CT molecular complexity index is 1010. The lowest BCUT2D eigenvalue weighted by Crippen LogP contribution is -2.43. The Balaban J connectivity index is 0.00000144. The molecule has 1 aromatic carbocycles. The molecule has 0 spiro atoms. The van der Waals surface area contributed by atoms with E-state index in [0.29, 0.717) is 11.6 Å². The van der Waals surface area contributed by atoms with Crippen LogP contribution in [0.4, 0.5) is 13.2 Å². The highest BCUT2D eigenvalue weighted by atomic mass is 35.5. The minimum absolute atomic E-state index is 0. The number of nitrogens with zero attached hydrogens (tertiary/aromatic N) is 4. The number of nitrogens with one attached hydrogen (secondary N) is 1. The largest absolute Gasteiger partial charge is 0.416 e. The zero-order valence-corrected chi connectivity index (χ0v) is 22.6. The van der Waals surface area contributed by atoms with Crippen LogP contribution in [-0.4, -0.2) is 75.2 Å². The molecule has 3 saturated heterocycles. The fraction of sp³-hybridized carbons (Fsp3) is 0.636. The first-order valence-electron chi connectivity index (χ1n) is 11.2. The Kier molecular flexibility index (Phi) is 10.5. The van der Waals surface area contributed by atoms with Gasteiger partial charge in [-0.2, -0.15) is 13.2 Å². The number of piperidine rings is 1. The molecule has 3 aliphatic heterocycles. The van der Waals surface area contributed by atoms with E-state index >= 15 is 0 Å². The van der Waals surface area contributed by atoms with E-state index in [0.717, 1.165) is 80.5 Å². The molecule has 1 N–H and O–H groups in total. The third-order valence-corrected chi connectivity index (χ3v) is 8.01. The van der Waals surface area contributed by atoms with E-state index in [9.17, 15) is 18.0 Å². The van der Waals surface area contributed by atoms with Gasteiger partial charge in [-0.1, -0.05) is 0 Å². The summed E-state index contributed by atoms with van der Waals surface area (Å²) in [6, 6.07) is 4.34. The Morgan fingerprint density at radius 2 is 1.83 bits per heavy atom. The molecule has 2 atom stereocenters. The van der Waals surface area contributed by atoms with E-state index in [4.69, 9.17) is 0 Å². The molecule has 3 aliphatic rings. The van der Waals surface area contributed by atoms with Crippen molar-refractivity contribution in [1.29, 1.82) is 0 Å². The van der Waals surface area contributed by atoms with E-state index in [1.54, 1.807) is 17.8 Å². The van der Waals surface area contributed by atoms with Crippen LogP contribution in [0.25, 0.3) is 11.0 Å². The van der Waals surface area contributed by atoms with Gasteiger partial charge in [0.25, 0.3) is 0 Å². The molecule has 4 heterocycles. The van der Waals surface area contributed by atoms with Crippen molar-refractivity contribution in [3.63, 3.8) is 0 Å². The van der Waals surface area contributed by atoms with Crippen LogP contribution in [0.5, 0.6) is 0 Å². The first-order chi connectivity index (χ1) is 15.3. The van der Waals surface area contributed by atoms with Crippen LogP contribution < -0.4 is 5.32 Å². The summed E-state index contributed by atoms with van der Waals surface area (Å²) in [5.41, 5.74) is 0.515. The van der Waals surface area contributed by atoms with Crippen molar-refractivity contribution in [3.05, 3.63) is 29.6 Å². The molecule has 1 aromatic heterocycles. The second-order valence-electron chi connectivity index (χ2n) is 8.99. The molecular weight excluding hydrogens is 546 g/mol. The minimum Gasteiger partial charge on any atom is -0.331 e. The molecule has 35 heavy (non-hydrogen) atoms. The van der Waals surface area contributed by atoms with Gasteiger partial charge in [0, 0.05) is 44.0 Å². The average Bonchev–Trinajstić information content (AvgIpc) is 3.51. The molecule has 2 aromatic rings. The zero-order chi connectivity index (χ0) is 22.5. The summed E-state index contributed by atoms with van der Waals surface area (Å²) >= 11 is 1.80. The molecule has 6 nitrogen and oxygen atoms in total. The van der Waals surface area contributed by atoms with Gasteiger partial charge < -0.3 is 14.8 Å². The van der Waals surface area contributed by atoms with Crippen molar-refractivity contribution in [2.75, 3.05) is 37.8 Å². The summed E-state index contributed by atoms with van der Waals surface area (Å²) in [6.07, 6.45) is -1.67. The molecule has 13 heteroatoms. The number of hydrogen-bond donors (Lipinski definition) is 1. The quantitative estimate of drug-likeness (QED) is 0.582. The summed E-state index contributed by atoms with van der Waals surface area (Å²) in [6.45, 7) is 5.37. The molecule has 0 aliphatic carbocycles. The van der Waals surface area contributed by atoms with E-state index < -0.39 is 11.7 Å². The highest BCUT2D eigenvalue weighted by molar-refractivity contribution is 7.99. The van der Waals surface area contributed by atoms with E-state index in [1.165, 1.54) is 0 Å². The van der Waals surface area contributed by atoms with Gasteiger partial charge in [0.1, 0.15) is 5.82 Å². The smallest absolute Gasteiger partial charge is 0.331 e. The Morgan fingerprint density at radius 3 is 2.46 bits per heavy atom. The zero-order valence-electron chi connectivity index (χ0n) is 19.3. The van der Waals surface area contributed by atoms with Gasteiger partial charge in [0.2, 0.25) is 5.91 Å². The van der Waals surface area contributed by atoms with Crippen LogP contribution in [0.15, 0.2) is 18.2 Å². The van der Waals surface area contributed by atoms with Crippen molar-refractivity contribution in [2.45, 2.75) is 50.5 Å². The van der Waals surface area contributed by atoms with Crippen LogP contribution in [0.3, 0.4) is 0 Å². The maximum atomic E-state index is 13.1. The highest BCUT2D eigenvalue weighted by Gasteiger charge is 2.37. The summed E-state index contributed by atoms with van der Waals surface area (Å²) in [4.78, 5) is 21.5. The number of benzene rings is 1. The number of amides is 1. The maximum absolute atomic E-state index is 13.1. The second-order valence-corrected chi connectivity index (χ2v) is 10.1. The molecular formula is C22H31Cl3F3N5OS. The predicted octanol–water partition coefficient (Wildman–Crippen LogP) is 4.53. The maximum Gasteiger partial charge on any atom is 0.416 e. The molecule has 0 bridgehead atoms. The fourth-order valence-corrected chi connectivity index (χ4v) is 6.31. The molecule has 198 valence electrons. The van der Waals surface area contributed by atoms with Crippen molar-refractivity contribution in [2.24, 2.45) is 0 Å². The van der Waals surface area contributed by atoms with Crippen LogP contribution in [-0.2, 0) is 11.0 Å². The van der Waals surface area contributed by atoms with E-state index in [2.05, 4.69) is 19.8 Å². The number of aromatic nitrogens is 2. The van der Waals surface area contributed by atoms with Crippen LogP contribution >= 0.6 is 49.0 Å². The van der Waals surface area contributed by atoms with Gasteiger partial charge in [-0.05, 0) is 44.4 Å².